The number of nitrogens with two attached hydrogens (primary N) is 1. The Bertz CT molecular complexity index is 651. The molecule has 0 saturated heterocycles. The Morgan fingerprint density at radius 2 is 2.05 bits per heavy atom. The third kappa shape index (κ3) is 3.35. The topological polar surface area (TPSA) is 43.1 Å². The van der Waals surface area contributed by atoms with Crippen LogP contribution in [0.15, 0.2) is 45.8 Å². The summed E-state index contributed by atoms with van der Waals surface area (Å²) in [5, 5.41) is -0.0301. The number of benzene rings is 2. The minimum atomic E-state index is -1.31. The predicted molar refractivity (Wildman–Crippen MR) is 80.1 cm³/mol. The van der Waals surface area contributed by atoms with Gasteiger partial charge in [0.05, 0.1) is 21.6 Å². The van der Waals surface area contributed by atoms with E-state index in [1.807, 2.05) is 6.07 Å². The van der Waals surface area contributed by atoms with E-state index < -0.39 is 16.6 Å². The fourth-order valence-corrected chi connectivity index (χ4v) is 3.55. The van der Waals surface area contributed by atoms with E-state index in [-0.39, 0.29) is 10.8 Å². The van der Waals surface area contributed by atoms with Crippen molar-refractivity contribution in [2.45, 2.75) is 10.6 Å². The van der Waals surface area contributed by atoms with Gasteiger partial charge in [0.15, 0.2) is 0 Å². The van der Waals surface area contributed by atoms with Gasteiger partial charge < -0.3 is 5.73 Å². The normalized spacial score (nSPS) is 12.4. The highest BCUT2D eigenvalue weighted by Gasteiger charge is 2.11. The van der Waals surface area contributed by atoms with Crippen molar-refractivity contribution < 1.29 is 8.60 Å². The van der Waals surface area contributed by atoms with Crippen LogP contribution in [0.1, 0.15) is 5.56 Å². The quantitative estimate of drug-likeness (QED) is 0.834. The highest BCUT2D eigenvalue weighted by molar-refractivity contribution is 9.10. The van der Waals surface area contributed by atoms with Crippen molar-refractivity contribution in [3.05, 3.63) is 57.3 Å². The van der Waals surface area contributed by atoms with Gasteiger partial charge in [0.25, 0.3) is 0 Å². The first-order chi connectivity index (χ1) is 8.99. The van der Waals surface area contributed by atoms with E-state index in [1.165, 1.54) is 18.2 Å². The molecule has 0 saturated carbocycles. The zero-order valence-electron chi connectivity index (χ0n) is 9.70. The summed E-state index contributed by atoms with van der Waals surface area (Å²) in [6.07, 6.45) is 0. The first-order valence-electron chi connectivity index (χ1n) is 5.35. The smallest absolute Gasteiger partial charge is 0.141 e. The van der Waals surface area contributed by atoms with Crippen LogP contribution in [0.25, 0.3) is 0 Å². The second-order valence-corrected chi connectivity index (χ2v) is 6.54. The summed E-state index contributed by atoms with van der Waals surface area (Å²) < 4.78 is 26.0. The minimum Gasteiger partial charge on any atom is -0.398 e. The number of hydrogen-bond donors (Lipinski definition) is 1. The number of halogens is 3. The number of rotatable bonds is 3. The van der Waals surface area contributed by atoms with E-state index in [9.17, 15) is 8.60 Å². The maximum absolute atomic E-state index is 13.1. The van der Waals surface area contributed by atoms with Crippen LogP contribution in [0.5, 0.6) is 0 Å². The second kappa shape index (κ2) is 6.03. The standard InChI is InChI=1S/C13H10BrClFNOS/c14-13-8(2-1-3-12(13)17)7-19(18)9-4-5-11(16)10(15)6-9/h1-6H,7,17H2. The Labute approximate surface area is 126 Å². The van der Waals surface area contributed by atoms with Crippen LogP contribution in [-0.2, 0) is 16.6 Å². The van der Waals surface area contributed by atoms with Crippen molar-refractivity contribution in [3.8, 4) is 0 Å². The Balaban J connectivity index is 2.26. The van der Waals surface area contributed by atoms with Crippen molar-refractivity contribution in [2.75, 3.05) is 5.73 Å². The Hall–Kier alpha value is -0.910. The van der Waals surface area contributed by atoms with Gasteiger partial charge in [-0.05, 0) is 45.8 Å². The zero-order chi connectivity index (χ0) is 14.0. The molecule has 0 aliphatic rings. The summed E-state index contributed by atoms with van der Waals surface area (Å²) in [4.78, 5) is 0.487. The van der Waals surface area contributed by atoms with Crippen molar-refractivity contribution in [2.24, 2.45) is 0 Å². The molecule has 0 aliphatic heterocycles. The molecule has 2 rings (SSSR count). The SMILES string of the molecule is Nc1cccc(CS(=O)c2ccc(F)c(Cl)c2)c1Br. The third-order valence-electron chi connectivity index (χ3n) is 2.55. The van der Waals surface area contributed by atoms with Crippen LogP contribution in [0.3, 0.4) is 0 Å². The van der Waals surface area contributed by atoms with Gasteiger partial charge in [-0.3, -0.25) is 4.21 Å². The number of hydrogen-bond acceptors (Lipinski definition) is 2. The van der Waals surface area contributed by atoms with Crippen molar-refractivity contribution >= 4 is 44.0 Å². The van der Waals surface area contributed by atoms with Crippen LogP contribution >= 0.6 is 27.5 Å². The molecule has 100 valence electrons. The van der Waals surface area contributed by atoms with Crippen LogP contribution < -0.4 is 5.73 Å². The van der Waals surface area contributed by atoms with E-state index in [2.05, 4.69) is 15.9 Å². The predicted octanol–water partition coefficient (Wildman–Crippen LogP) is 4.13. The van der Waals surface area contributed by atoms with Gasteiger partial charge in [0, 0.05) is 15.1 Å². The van der Waals surface area contributed by atoms with Crippen molar-refractivity contribution in [3.63, 3.8) is 0 Å². The first kappa shape index (κ1) is 14.5. The van der Waals surface area contributed by atoms with Gasteiger partial charge in [-0.25, -0.2) is 4.39 Å². The molecule has 0 aliphatic carbocycles. The monoisotopic (exact) mass is 361 g/mol. The third-order valence-corrected chi connectivity index (χ3v) is 5.16. The van der Waals surface area contributed by atoms with Crippen LogP contribution in [0.4, 0.5) is 10.1 Å². The minimum absolute atomic E-state index is 0.0301. The number of nitrogen functional groups attached to an aromatic ring is 1. The second-order valence-electron chi connectivity index (χ2n) is 3.89. The lowest BCUT2D eigenvalue weighted by Crippen LogP contribution is -1.99. The molecule has 2 N–H and O–H groups in total. The molecule has 2 aromatic rings. The highest BCUT2D eigenvalue weighted by Crippen LogP contribution is 2.27. The van der Waals surface area contributed by atoms with Gasteiger partial charge >= 0.3 is 0 Å². The average molecular weight is 363 g/mol. The van der Waals surface area contributed by atoms with Gasteiger partial charge in [0.1, 0.15) is 5.82 Å². The van der Waals surface area contributed by atoms with Crippen LogP contribution in [0.2, 0.25) is 5.02 Å². The molecule has 6 heteroatoms. The van der Waals surface area contributed by atoms with E-state index >= 15 is 0 Å². The molecule has 0 aromatic heterocycles. The molecule has 1 unspecified atom stereocenters. The van der Waals surface area contributed by atoms with Gasteiger partial charge in [0.2, 0.25) is 0 Å². The summed E-state index contributed by atoms with van der Waals surface area (Å²) >= 11 is 9.04. The molecule has 0 radical (unpaired) electrons. The maximum atomic E-state index is 13.1. The molecular formula is C13H10BrClFNOS. The summed E-state index contributed by atoms with van der Waals surface area (Å²) in [6.45, 7) is 0. The van der Waals surface area contributed by atoms with E-state index in [1.54, 1.807) is 12.1 Å². The summed E-state index contributed by atoms with van der Waals surface area (Å²) in [5.74, 6) is -0.235. The molecule has 2 nitrogen and oxygen atoms in total. The fraction of sp³-hybridized carbons (Fsp3) is 0.0769. The van der Waals surface area contributed by atoms with Gasteiger partial charge in [-0.1, -0.05) is 23.7 Å². The van der Waals surface area contributed by atoms with E-state index in [0.717, 1.165) is 10.0 Å². The molecule has 0 heterocycles. The van der Waals surface area contributed by atoms with Gasteiger partial charge in [-0.2, -0.15) is 0 Å². The molecule has 2 aromatic carbocycles. The highest BCUT2D eigenvalue weighted by atomic mass is 79.9. The summed E-state index contributed by atoms with van der Waals surface area (Å²) in [6, 6.07) is 9.45. The number of anilines is 1. The molecule has 0 amide bonds. The van der Waals surface area contributed by atoms with Crippen LogP contribution in [0, 0.1) is 5.82 Å². The fourth-order valence-electron chi connectivity index (χ4n) is 1.55. The Kier molecular flexibility index (Phi) is 4.60. The Morgan fingerprint density at radius 1 is 1.32 bits per heavy atom. The van der Waals surface area contributed by atoms with Crippen molar-refractivity contribution in [1.29, 1.82) is 0 Å². The maximum Gasteiger partial charge on any atom is 0.141 e. The first-order valence-corrected chi connectivity index (χ1v) is 7.84. The zero-order valence-corrected chi connectivity index (χ0v) is 12.9. The molecule has 0 bridgehead atoms. The van der Waals surface area contributed by atoms with E-state index in [0.29, 0.717) is 10.6 Å². The largest absolute Gasteiger partial charge is 0.398 e. The molecule has 19 heavy (non-hydrogen) atoms. The average Bonchev–Trinajstić information content (AvgIpc) is 2.38. The lowest BCUT2D eigenvalue weighted by atomic mass is 10.2. The summed E-state index contributed by atoms with van der Waals surface area (Å²) in [5.41, 5.74) is 7.18. The molecular weight excluding hydrogens is 353 g/mol. The Morgan fingerprint density at radius 3 is 2.74 bits per heavy atom. The van der Waals surface area contributed by atoms with Gasteiger partial charge in [-0.15, -0.1) is 0 Å². The summed E-state index contributed by atoms with van der Waals surface area (Å²) in [7, 11) is -1.31. The molecule has 0 fully saturated rings. The van der Waals surface area contributed by atoms with Crippen LogP contribution in [-0.4, -0.2) is 4.21 Å². The lowest BCUT2D eigenvalue weighted by molar-refractivity contribution is 0.626. The lowest BCUT2D eigenvalue weighted by Gasteiger charge is -2.07. The molecule has 0 spiro atoms. The molecule has 1 atom stereocenters. The van der Waals surface area contributed by atoms with Crippen molar-refractivity contribution in [1.82, 2.24) is 0 Å². The van der Waals surface area contributed by atoms with E-state index in [4.69, 9.17) is 17.3 Å².